The van der Waals surface area contributed by atoms with Crippen LogP contribution in [0.25, 0.3) is 0 Å². The van der Waals surface area contributed by atoms with Crippen LogP contribution >= 0.6 is 0 Å². The maximum Gasteiger partial charge on any atom is 0.271 e. The lowest BCUT2D eigenvalue weighted by molar-refractivity contribution is 0.0937. The molecule has 3 heterocycles. The van der Waals surface area contributed by atoms with Crippen molar-refractivity contribution in [1.29, 1.82) is 0 Å². The number of anilines is 2. The van der Waals surface area contributed by atoms with E-state index >= 15 is 0 Å². The van der Waals surface area contributed by atoms with Crippen molar-refractivity contribution in [3.05, 3.63) is 42.2 Å². The lowest BCUT2D eigenvalue weighted by atomic mass is 10.3. The summed E-state index contributed by atoms with van der Waals surface area (Å²) in [6, 6.07) is 9.62. The first-order valence-corrected chi connectivity index (χ1v) is 8.19. The predicted octanol–water partition coefficient (Wildman–Crippen LogP) is 1.34. The molecule has 1 saturated heterocycles. The van der Waals surface area contributed by atoms with Crippen molar-refractivity contribution in [2.45, 2.75) is 19.9 Å². The highest BCUT2D eigenvalue weighted by molar-refractivity contribution is 5.92. The normalized spacial score (nSPS) is 14.8. The minimum absolute atomic E-state index is 0.0821. The summed E-state index contributed by atoms with van der Waals surface area (Å²) in [7, 11) is 0. The van der Waals surface area contributed by atoms with Gasteiger partial charge in [0.1, 0.15) is 5.82 Å². The number of pyridine rings is 1. The van der Waals surface area contributed by atoms with E-state index in [1.54, 1.807) is 6.07 Å². The van der Waals surface area contributed by atoms with E-state index in [2.05, 4.69) is 30.3 Å². The van der Waals surface area contributed by atoms with Crippen molar-refractivity contribution in [3.8, 4) is 0 Å². The number of hydrogen-bond acceptors (Lipinski definition) is 6. The molecular weight excluding hydrogens is 304 g/mol. The Bertz CT molecular complexity index is 665. The van der Waals surface area contributed by atoms with E-state index in [1.807, 2.05) is 44.3 Å². The van der Waals surface area contributed by atoms with Crippen LogP contribution in [-0.2, 0) is 0 Å². The Morgan fingerprint density at radius 1 is 1.00 bits per heavy atom. The monoisotopic (exact) mass is 326 g/mol. The van der Waals surface area contributed by atoms with E-state index in [1.165, 1.54) is 0 Å². The fourth-order valence-corrected chi connectivity index (χ4v) is 2.66. The molecule has 0 atom stereocenters. The van der Waals surface area contributed by atoms with Gasteiger partial charge in [-0.3, -0.25) is 4.79 Å². The highest BCUT2D eigenvalue weighted by Crippen LogP contribution is 2.16. The summed E-state index contributed by atoms with van der Waals surface area (Å²) in [5, 5.41) is 11.1. The van der Waals surface area contributed by atoms with Crippen LogP contribution in [0, 0.1) is 0 Å². The largest absolute Gasteiger partial charge is 0.353 e. The molecule has 7 nitrogen and oxygen atoms in total. The Labute approximate surface area is 141 Å². The molecule has 3 rings (SSSR count). The van der Waals surface area contributed by atoms with Crippen molar-refractivity contribution in [3.63, 3.8) is 0 Å². The van der Waals surface area contributed by atoms with Crippen molar-refractivity contribution >= 4 is 17.5 Å². The zero-order valence-corrected chi connectivity index (χ0v) is 14.0. The van der Waals surface area contributed by atoms with Crippen LogP contribution in [0.5, 0.6) is 0 Å². The second kappa shape index (κ2) is 7.25. The molecule has 0 radical (unpaired) electrons. The molecule has 1 aliphatic heterocycles. The van der Waals surface area contributed by atoms with Crippen LogP contribution in [0.1, 0.15) is 24.3 Å². The van der Waals surface area contributed by atoms with Crippen LogP contribution in [0.3, 0.4) is 0 Å². The summed E-state index contributed by atoms with van der Waals surface area (Å²) >= 11 is 0. The fraction of sp³-hybridized carbons (Fsp3) is 0.412. The second-order valence-corrected chi connectivity index (χ2v) is 6.07. The van der Waals surface area contributed by atoms with E-state index < -0.39 is 0 Å². The summed E-state index contributed by atoms with van der Waals surface area (Å²) in [4.78, 5) is 20.7. The summed E-state index contributed by atoms with van der Waals surface area (Å²) < 4.78 is 0. The predicted molar refractivity (Wildman–Crippen MR) is 93.3 cm³/mol. The Kier molecular flexibility index (Phi) is 4.88. The van der Waals surface area contributed by atoms with E-state index in [4.69, 9.17) is 0 Å². The first-order valence-electron chi connectivity index (χ1n) is 8.19. The fourth-order valence-electron chi connectivity index (χ4n) is 2.66. The van der Waals surface area contributed by atoms with Crippen molar-refractivity contribution < 1.29 is 4.79 Å². The van der Waals surface area contributed by atoms with Crippen LogP contribution in [-0.4, -0.2) is 53.3 Å². The van der Waals surface area contributed by atoms with E-state index in [0.717, 1.165) is 37.8 Å². The second-order valence-electron chi connectivity index (χ2n) is 6.07. The third-order valence-electron chi connectivity index (χ3n) is 3.88. The smallest absolute Gasteiger partial charge is 0.271 e. The Balaban J connectivity index is 1.59. The van der Waals surface area contributed by atoms with Gasteiger partial charge in [0.15, 0.2) is 11.5 Å². The molecule has 1 fully saturated rings. The standard InChI is InChI=1S/C17H22N6O/c1-13(2)19-17(24)14-6-7-16(21-20-14)23-11-9-22(10-12-23)15-5-3-4-8-18-15/h3-8,13H,9-12H2,1-2H3,(H,19,24). The van der Waals surface area contributed by atoms with Gasteiger partial charge in [0.2, 0.25) is 0 Å². The Morgan fingerprint density at radius 2 is 1.71 bits per heavy atom. The van der Waals surface area contributed by atoms with Crippen molar-refractivity contribution in [2.24, 2.45) is 0 Å². The zero-order valence-electron chi connectivity index (χ0n) is 14.0. The molecule has 0 unspecified atom stereocenters. The maximum atomic E-state index is 11.9. The minimum Gasteiger partial charge on any atom is -0.353 e. The number of rotatable bonds is 4. The lowest BCUT2D eigenvalue weighted by Crippen LogP contribution is -2.47. The molecular formula is C17H22N6O. The quantitative estimate of drug-likeness (QED) is 0.914. The van der Waals surface area contributed by atoms with Crippen molar-refractivity contribution in [1.82, 2.24) is 20.5 Å². The highest BCUT2D eigenvalue weighted by Gasteiger charge is 2.19. The summed E-state index contributed by atoms with van der Waals surface area (Å²) in [6.45, 7) is 7.30. The molecule has 0 spiro atoms. The third-order valence-corrected chi connectivity index (χ3v) is 3.88. The van der Waals surface area contributed by atoms with Gasteiger partial charge >= 0.3 is 0 Å². The molecule has 126 valence electrons. The number of nitrogens with one attached hydrogen (secondary N) is 1. The number of aromatic nitrogens is 3. The number of amides is 1. The molecule has 1 N–H and O–H groups in total. The lowest BCUT2D eigenvalue weighted by Gasteiger charge is -2.35. The van der Waals surface area contributed by atoms with Gasteiger partial charge in [-0.1, -0.05) is 6.07 Å². The highest BCUT2D eigenvalue weighted by atomic mass is 16.2. The summed E-state index contributed by atoms with van der Waals surface area (Å²) in [5.74, 6) is 1.62. The van der Waals surface area contributed by atoms with Crippen LogP contribution in [0.2, 0.25) is 0 Å². The van der Waals surface area contributed by atoms with Gasteiger partial charge in [-0.05, 0) is 38.1 Å². The summed E-state index contributed by atoms with van der Waals surface area (Å²) in [6.07, 6.45) is 1.81. The molecule has 0 bridgehead atoms. The minimum atomic E-state index is -0.191. The molecule has 24 heavy (non-hydrogen) atoms. The topological polar surface area (TPSA) is 74.2 Å². The van der Waals surface area contributed by atoms with Gasteiger partial charge in [0.05, 0.1) is 0 Å². The van der Waals surface area contributed by atoms with E-state index in [-0.39, 0.29) is 11.9 Å². The van der Waals surface area contributed by atoms with E-state index in [9.17, 15) is 4.79 Å². The molecule has 0 aromatic carbocycles. The van der Waals surface area contributed by atoms with E-state index in [0.29, 0.717) is 5.69 Å². The Morgan fingerprint density at radius 3 is 2.25 bits per heavy atom. The van der Waals surface area contributed by atoms with Crippen LogP contribution < -0.4 is 15.1 Å². The van der Waals surface area contributed by atoms with Crippen LogP contribution in [0.4, 0.5) is 11.6 Å². The molecule has 1 aliphatic rings. The molecule has 1 amide bonds. The molecule has 0 aliphatic carbocycles. The number of nitrogens with zero attached hydrogens (tertiary/aromatic N) is 5. The first-order chi connectivity index (χ1) is 11.6. The van der Waals surface area contributed by atoms with Crippen LogP contribution in [0.15, 0.2) is 36.5 Å². The number of carbonyl (C=O) groups excluding carboxylic acids is 1. The van der Waals surface area contributed by atoms with Gasteiger partial charge in [-0.15, -0.1) is 10.2 Å². The van der Waals surface area contributed by atoms with Gasteiger partial charge < -0.3 is 15.1 Å². The third kappa shape index (κ3) is 3.79. The zero-order chi connectivity index (χ0) is 16.9. The van der Waals surface area contributed by atoms with Gasteiger partial charge in [-0.25, -0.2) is 4.98 Å². The number of carbonyl (C=O) groups is 1. The first kappa shape index (κ1) is 16.2. The van der Waals surface area contributed by atoms with Gasteiger partial charge in [-0.2, -0.15) is 0 Å². The maximum absolute atomic E-state index is 11.9. The average Bonchev–Trinajstić information content (AvgIpc) is 2.62. The number of hydrogen-bond donors (Lipinski definition) is 1. The van der Waals surface area contributed by atoms with Crippen molar-refractivity contribution in [2.75, 3.05) is 36.0 Å². The molecule has 2 aromatic rings. The molecule has 0 saturated carbocycles. The average molecular weight is 326 g/mol. The SMILES string of the molecule is CC(C)NC(=O)c1ccc(N2CCN(c3ccccn3)CC2)nn1. The van der Waals surface area contributed by atoms with Gasteiger partial charge in [0, 0.05) is 38.4 Å². The molecule has 2 aromatic heterocycles. The molecule has 7 heteroatoms. The summed E-state index contributed by atoms with van der Waals surface area (Å²) in [5.41, 5.74) is 0.347. The van der Waals surface area contributed by atoms with Gasteiger partial charge in [0.25, 0.3) is 5.91 Å². The Hall–Kier alpha value is -2.70. The number of piperazine rings is 1.